The fraction of sp³-hybridized carbons (Fsp3) is 0.333. The second kappa shape index (κ2) is 5.36. The molecule has 1 saturated heterocycles. The summed E-state index contributed by atoms with van der Waals surface area (Å²) in [5.41, 5.74) is 0.590. The number of hydrogen-bond donors (Lipinski definition) is 1. The van der Waals surface area contributed by atoms with Crippen molar-refractivity contribution in [1.82, 2.24) is 9.88 Å². The molecule has 1 fully saturated rings. The average molecular weight is 272 g/mol. The maximum Gasteiger partial charge on any atom is 0.289 e. The van der Waals surface area contributed by atoms with Crippen LogP contribution in [0.15, 0.2) is 39.7 Å². The third-order valence-electron chi connectivity index (χ3n) is 3.53. The first-order valence-corrected chi connectivity index (χ1v) is 6.82. The van der Waals surface area contributed by atoms with Crippen LogP contribution >= 0.6 is 0 Å². The van der Waals surface area contributed by atoms with Gasteiger partial charge in [-0.2, -0.15) is 0 Å². The number of rotatable bonds is 2. The second-order valence-corrected chi connectivity index (χ2v) is 4.96. The molecule has 20 heavy (non-hydrogen) atoms. The number of furan rings is 1. The number of likely N-dealkylation sites (tertiary alicyclic amines) is 1. The molecule has 2 aromatic heterocycles. The first-order valence-electron chi connectivity index (χ1n) is 6.82. The van der Waals surface area contributed by atoms with Crippen molar-refractivity contribution in [2.24, 2.45) is 0 Å². The van der Waals surface area contributed by atoms with E-state index in [2.05, 4.69) is 4.98 Å². The molecule has 0 aromatic carbocycles. The van der Waals surface area contributed by atoms with Gasteiger partial charge in [0.1, 0.15) is 5.76 Å². The highest BCUT2D eigenvalue weighted by atomic mass is 16.4. The Bertz CT molecular complexity index is 645. The van der Waals surface area contributed by atoms with E-state index >= 15 is 0 Å². The van der Waals surface area contributed by atoms with Gasteiger partial charge < -0.3 is 14.3 Å². The van der Waals surface area contributed by atoms with E-state index in [9.17, 15) is 9.59 Å². The molecule has 0 radical (unpaired) electrons. The Labute approximate surface area is 116 Å². The molecule has 3 heterocycles. The van der Waals surface area contributed by atoms with Gasteiger partial charge in [0.15, 0.2) is 5.76 Å². The van der Waals surface area contributed by atoms with Crippen LogP contribution in [0, 0.1) is 0 Å². The number of nitrogens with one attached hydrogen (secondary N) is 1. The zero-order valence-corrected chi connectivity index (χ0v) is 11.1. The maximum atomic E-state index is 12.3. The Morgan fingerprint density at radius 1 is 1.10 bits per heavy atom. The molecule has 0 atom stereocenters. The van der Waals surface area contributed by atoms with Crippen molar-refractivity contribution in [3.05, 3.63) is 46.6 Å². The van der Waals surface area contributed by atoms with E-state index in [0.717, 1.165) is 31.5 Å². The maximum absolute atomic E-state index is 12.3. The number of hydrogen-bond acceptors (Lipinski definition) is 3. The molecule has 2 aromatic rings. The predicted molar refractivity (Wildman–Crippen MR) is 74.5 cm³/mol. The van der Waals surface area contributed by atoms with Crippen LogP contribution in [0.1, 0.15) is 29.8 Å². The largest absolute Gasteiger partial charge is 0.451 e. The lowest BCUT2D eigenvalue weighted by molar-refractivity contribution is 0.0693. The summed E-state index contributed by atoms with van der Waals surface area (Å²) in [4.78, 5) is 27.7. The van der Waals surface area contributed by atoms with E-state index in [1.165, 1.54) is 12.5 Å². The summed E-state index contributed by atoms with van der Waals surface area (Å²) in [6, 6.07) is 6.55. The van der Waals surface area contributed by atoms with Gasteiger partial charge in [-0.1, -0.05) is 0 Å². The number of piperidine rings is 1. The van der Waals surface area contributed by atoms with Gasteiger partial charge in [0.05, 0.1) is 0 Å². The first-order chi connectivity index (χ1) is 9.74. The van der Waals surface area contributed by atoms with Gasteiger partial charge >= 0.3 is 0 Å². The quantitative estimate of drug-likeness (QED) is 0.911. The van der Waals surface area contributed by atoms with Crippen LogP contribution < -0.4 is 5.56 Å². The summed E-state index contributed by atoms with van der Waals surface area (Å²) in [6.07, 6.45) is 4.87. The molecule has 1 aliphatic heterocycles. The Morgan fingerprint density at radius 2 is 1.90 bits per heavy atom. The number of pyridine rings is 1. The lowest BCUT2D eigenvalue weighted by Crippen LogP contribution is -2.35. The number of aromatic amines is 1. The van der Waals surface area contributed by atoms with Crippen LogP contribution in [-0.4, -0.2) is 28.9 Å². The molecular weight excluding hydrogens is 256 g/mol. The second-order valence-electron chi connectivity index (χ2n) is 4.96. The number of nitrogens with zero attached hydrogens (tertiary/aromatic N) is 1. The van der Waals surface area contributed by atoms with E-state index in [1.54, 1.807) is 24.4 Å². The van der Waals surface area contributed by atoms with Gasteiger partial charge in [-0.25, -0.2) is 0 Å². The summed E-state index contributed by atoms with van der Waals surface area (Å²) in [7, 11) is 0. The highest BCUT2D eigenvalue weighted by Gasteiger charge is 2.21. The fourth-order valence-electron chi connectivity index (χ4n) is 2.42. The topological polar surface area (TPSA) is 66.3 Å². The van der Waals surface area contributed by atoms with Gasteiger partial charge in [-0.05, 0) is 37.5 Å². The summed E-state index contributed by atoms with van der Waals surface area (Å²) >= 11 is 0. The van der Waals surface area contributed by atoms with Crippen molar-refractivity contribution in [2.75, 3.05) is 13.1 Å². The summed E-state index contributed by atoms with van der Waals surface area (Å²) in [5, 5.41) is 0. The number of carbonyl (C=O) groups is 1. The van der Waals surface area contributed by atoms with Crippen LogP contribution in [0.2, 0.25) is 0 Å². The molecule has 0 saturated carbocycles. The molecule has 1 N–H and O–H groups in total. The highest BCUT2D eigenvalue weighted by Crippen LogP contribution is 2.22. The monoisotopic (exact) mass is 272 g/mol. The molecule has 1 aliphatic rings. The molecule has 5 heteroatoms. The van der Waals surface area contributed by atoms with Crippen molar-refractivity contribution in [3.8, 4) is 11.3 Å². The van der Waals surface area contributed by atoms with Gasteiger partial charge in [-0.15, -0.1) is 0 Å². The molecule has 104 valence electrons. The lowest BCUT2D eigenvalue weighted by atomic mass is 10.1. The van der Waals surface area contributed by atoms with Crippen LogP contribution in [-0.2, 0) is 0 Å². The van der Waals surface area contributed by atoms with E-state index in [-0.39, 0.29) is 11.5 Å². The predicted octanol–water partition coefficient (Wildman–Crippen LogP) is 2.26. The van der Waals surface area contributed by atoms with E-state index in [0.29, 0.717) is 11.5 Å². The third kappa shape index (κ3) is 2.52. The number of aromatic nitrogens is 1. The van der Waals surface area contributed by atoms with Gasteiger partial charge in [0, 0.05) is 30.9 Å². The van der Waals surface area contributed by atoms with Crippen molar-refractivity contribution in [2.45, 2.75) is 19.3 Å². The molecule has 5 nitrogen and oxygen atoms in total. The van der Waals surface area contributed by atoms with Crippen LogP contribution in [0.25, 0.3) is 11.3 Å². The van der Waals surface area contributed by atoms with E-state index < -0.39 is 0 Å². The summed E-state index contributed by atoms with van der Waals surface area (Å²) in [5.74, 6) is 0.884. The minimum atomic E-state index is -0.162. The van der Waals surface area contributed by atoms with Crippen molar-refractivity contribution in [3.63, 3.8) is 0 Å². The van der Waals surface area contributed by atoms with Gasteiger partial charge in [-0.3, -0.25) is 9.59 Å². The molecule has 0 spiro atoms. The molecule has 0 aliphatic carbocycles. The third-order valence-corrected chi connectivity index (χ3v) is 3.53. The molecule has 0 unspecified atom stereocenters. The first kappa shape index (κ1) is 12.7. The van der Waals surface area contributed by atoms with Crippen LogP contribution in [0.4, 0.5) is 0 Å². The number of amides is 1. The Hall–Kier alpha value is -2.30. The van der Waals surface area contributed by atoms with Crippen LogP contribution in [0.5, 0.6) is 0 Å². The molecule has 1 amide bonds. The van der Waals surface area contributed by atoms with Crippen molar-refractivity contribution >= 4 is 5.91 Å². The molecule has 0 bridgehead atoms. The number of carbonyl (C=O) groups excluding carboxylic acids is 1. The van der Waals surface area contributed by atoms with Gasteiger partial charge in [0.25, 0.3) is 5.91 Å². The smallest absolute Gasteiger partial charge is 0.289 e. The summed E-state index contributed by atoms with van der Waals surface area (Å²) < 4.78 is 5.61. The van der Waals surface area contributed by atoms with E-state index in [1.807, 2.05) is 4.90 Å². The minimum absolute atomic E-state index is 0.0552. The van der Waals surface area contributed by atoms with E-state index in [4.69, 9.17) is 4.42 Å². The summed E-state index contributed by atoms with van der Waals surface area (Å²) in [6.45, 7) is 1.60. The highest BCUT2D eigenvalue weighted by molar-refractivity contribution is 5.92. The Morgan fingerprint density at radius 3 is 2.60 bits per heavy atom. The Balaban J connectivity index is 1.80. The lowest BCUT2D eigenvalue weighted by Gasteiger charge is -2.25. The fourth-order valence-corrected chi connectivity index (χ4v) is 2.42. The molecular formula is C15H16N2O3. The SMILES string of the molecule is O=C(c1ccc(-c2ccc(=O)[nH]c2)o1)N1CCCCC1. The molecule has 3 rings (SSSR count). The average Bonchev–Trinajstić information content (AvgIpc) is 2.98. The number of H-pyrrole nitrogens is 1. The zero-order chi connectivity index (χ0) is 13.9. The normalized spacial score (nSPS) is 15.3. The Kier molecular flexibility index (Phi) is 3.41. The van der Waals surface area contributed by atoms with Crippen molar-refractivity contribution < 1.29 is 9.21 Å². The standard InChI is InChI=1S/C15H16N2O3/c18-14-7-4-11(10-16-14)12-5-6-13(20-12)15(19)17-8-2-1-3-9-17/h4-7,10H,1-3,8-9H2,(H,16,18). The van der Waals surface area contributed by atoms with Crippen molar-refractivity contribution in [1.29, 1.82) is 0 Å². The minimum Gasteiger partial charge on any atom is -0.451 e. The van der Waals surface area contributed by atoms with Crippen LogP contribution in [0.3, 0.4) is 0 Å². The zero-order valence-electron chi connectivity index (χ0n) is 11.1. The van der Waals surface area contributed by atoms with Gasteiger partial charge in [0.2, 0.25) is 5.56 Å².